The Balaban J connectivity index is -0.0000000354. The van der Waals surface area contributed by atoms with Crippen molar-refractivity contribution in [3.05, 3.63) is 24.3 Å². The van der Waals surface area contributed by atoms with E-state index < -0.39 is 0 Å². The summed E-state index contributed by atoms with van der Waals surface area (Å²) in [6.07, 6.45) is 6.29. The van der Waals surface area contributed by atoms with E-state index in [2.05, 4.69) is 40.3 Å². The number of rotatable bonds is 2. The molecular weight excluding hydrogens is 196 g/mol. The van der Waals surface area contributed by atoms with Crippen LogP contribution >= 0.6 is 0 Å². The molecule has 0 radical (unpaired) electrons. The molecule has 0 amide bonds. The molecule has 0 saturated heterocycles. The Morgan fingerprint density at radius 3 is 1.31 bits per heavy atom. The minimum atomic E-state index is 1.00. The van der Waals surface area contributed by atoms with Gasteiger partial charge < -0.3 is 5.11 Å². The standard InChI is InChI=1S/C6H12.C4H8.2C2H6.CH4O/c1-4-6(3)5-2;1-3-4-2;3*1-2/h4H,5H2,1-3H3;3H,1,4H2,2H3;2*1-2H3;2H,1H3/b6-4+;;;;. The van der Waals surface area contributed by atoms with Crippen LogP contribution < -0.4 is 0 Å². The monoisotopic (exact) mass is 232 g/mol. The molecule has 0 aromatic carbocycles. The van der Waals surface area contributed by atoms with Gasteiger partial charge >= 0.3 is 0 Å². The average Bonchev–Trinajstić information content (AvgIpc) is 2.44. The molecule has 0 aliphatic carbocycles. The maximum absolute atomic E-state index is 7.00. The molecule has 0 aliphatic rings. The van der Waals surface area contributed by atoms with Crippen molar-refractivity contribution in [3.8, 4) is 0 Å². The van der Waals surface area contributed by atoms with E-state index in [0.29, 0.717) is 0 Å². The van der Waals surface area contributed by atoms with E-state index in [1.54, 1.807) is 0 Å². The molecule has 102 valence electrons. The van der Waals surface area contributed by atoms with Gasteiger partial charge in [-0.15, -0.1) is 6.58 Å². The topological polar surface area (TPSA) is 20.2 Å². The third-order valence-corrected chi connectivity index (χ3v) is 1.34. The van der Waals surface area contributed by atoms with E-state index in [9.17, 15) is 0 Å². The lowest BCUT2D eigenvalue weighted by atomic mass is 10.2. The fraction of sp³-hybridized carbons (Fsp3) is 0.733. The van der Waals surface area contributed by atoms with Crippen molar-refractivity contribution < 1.29 is 5.11 Å². The molecule has 0 rings (SSSR count). The Bertz CT molecular complexity index is 93.6. The van der Waals surface area contributed by atoms with Gasteiger partial charge in [-0.2, -0.15) is 0 Å². The van der Waals surface area contributed by atoms with Crippen LogP contribution in [0.3, 0.4) is 0 Å². The molecule has 0 unspecified atom stereocenters. The van der Waals surface area contributed by atoms with Crippen LogP contribution in [0, 0.1) is 0 Å². The fourth-order valence-corrected chi connectivity index (χ4v) is 0.204. The molecule has 1 heteroatoms. The van der Waals surface area contributed by atoms with Crippen molar-refractivity contribution in [2.75, 3.05) is 7.11 Å². The molecule has 1 nitrogen and oxygen atoms in total. The van der Waals surface area contributed by atoms with Gasteiger partial charge in [0.2, 0.25) is 0 Å². The van der Waals surface area contributed by atoms with E-state index in [-0.39, 0.29) is 0 Å². The summed E-state index contributed by atoms with van der Waals surface area (Å²) in [5.41, 5.74) is 1.47. The molecule has 0 saturated carbocycles. The minimum absolute atomic E-state index is 1.00. The van der Waals surface area contributed by atoms with Crippen molar-refractivity contribution in [1.29, 1.82) is 0 Å². The highest BCUT2D eigenvalue weighted by molar-refractivity contribution is 4.93. The summed E-state index contributed by atoms with van der Waals surface area (Å²) in [5, 5.41) is 7.00. The normalized spacial score (nSPS) is 7.25. The zero-order valence-corrected chi connectivity index (χ0v) is 13.2. The van der Waals surface area contributed by atoms with Crippen LogP contribution in [0.1, 0.15) is 68.2 Å². The van der Waals surface area contributed by atoms with E-state index in [1.165, 1.54) is 12.0 Å². The van der Waals surface area contributed by atoms with Gasteiger partial charge in [-0.3, -0.25) is 0 Å². The maximum Gasteiger partial charge on any atom is 0.0319 e. The van der Waals surface area contributed by atoms with E-state index in [1.807, 2.05) is 33.8 Å². The van der Waals surface area contributed by atoms with Gasteiger partial charge in [0.25, 0.3) is 0 Å². The second kappa shape index (κ2) is 62.9. The molecule has 0 bridgehead atoms. The quantitative estimate of drug-likeness (QED) is 0.614. The SMILES string of the molecule is C/C=C(\C)CC.C=CCC.CC.CC.CO. The predicted molar refractivity (Wildman–Crippen MR) is 81.0 cm³/mol. The summed E-state index contributed by atoms with van der Waals surface area (Å²) in [5.74, 6) is 0. The Labute approximate surface area is 105 Å². The first-order valence-corrected chi connectivity index (χ1v) is 6.40. The molecule has 1 N–H and O–H groups in total. The number of aliphatic hydroxyl groups is 1. The third kappa shape index (κ3) is 106. The number of allylic oxidation sites excluding steroid dienone is 3. The van der Waals surface area contributed by atoms with Gasteiger partial charge in [-0.05, 0) is 26.7 Å². The fourth-order valence-electron chi connectivity index (χ4n) is 0.204. The number of hydrogen-bond acceptors (Lipinski definition) is 1. The summed E-state index contributed by atoms with van der Waals surface area (Å²) >= 11 is 0. The highest BCUT2D eigenvalue weighted by Crippen LogP contribution is 1.94. The molecule has 0 heterocycles. The van der Waals surface area contributed by atoms with Gasteiger partial charge in [0, 0.05) is 7.11 Å². The molecule has 16 heavy (non-hydrogen) atoms. The molecule has 0 aromatic heterocycles. The van der Waals surface area contributed by atoms with Gasteiger partial charge in [0.05, 0.1) is 0 Å². The zero-order chi connectivity index (χ0) is 14.4. The summed E-state index contributed by atoms with van der Waals surface area (Å²) in [6.45, 7) is 19.9. The Hall–Kier alpha value is -0.560. The van der Waals surface area contributed by atoms with Gasteiger partial charge in [-0.1, -0.05) is 59.3 Å². The largest absolute Gasteiger partial charge is 0.400 e. The van der Waals surface area contributed by atoms with Gasteiger partial charge in [0.15, 0.2) is 0 Å². The molecule has 0 aliphatic heterocycles. The molecular formula is C15H36O. The smallest absolute Gasteiger partial charge is 0.0319 e. The molecule has 0 aromatic rings. The first kappa shape index (κ1) is 29.5. The van der Waals surface area contributed by atoms with Crippen LogP contribution in [0.25, 0.3) is 0 Å². The Kier molecular flexibility index (Phi) is 116. The Morgan fingerprint density at radius 1 is 1.06 bits per heavy atom. The zero-order valence-electron chi connectivity index (χ0n) is 13.2. The number of aliphatic hydroxyl groups excluding tert-OH is 1. The first-order valence-electron chi connectivity index (χ1n) is 6.40. The second-order valence-corrected chi connectivity index (χ2v) is 2.19. The van der Waals surface area contributed by atoms with E-state index >= 15 is 0 Å². The van der Waals surface area contributed by atoms with E-state index in [4.69, 9.17) is 5.11 Å². The summed E-state index contributed by atoms with van der Waals surface area (Å²) in [7, 11) is 1.00. The van der Waals surface area contributed by atoms with Crippen molar-refractivity contribution in [1.82, 2.24) is 0 Å². The lowest BCUT2D eigenvalue weighted by molar-refractivity contribution is 0.399. The van der Waals surface area contributed by atoms with Crippen molar-refractivity contribution >= 4 is 0 Å². The van der Waals surface area contributed by atoms with Crippen LogP contribution in [0.15, 0.2) is 24.3 Å². The molecule has 0 atom stereocenters. The summed E-state index contributed by atoms with van der Waals surface area (Å²) in [6, 6.07) is 0. The third-order valence-electron chi connectivity index (χ3n) is 1.34. The predicted octanol–water partition coefficient (Wildman–Crippen LogP) is 5.61. The van der Waals surface area contributed by atoms with Crippen LogP contribution in [0.2, 0.25) is 0 Å². The Morgan fingerprint density at radius 2 is 1.31 bits per heavy atom. The van der Waals surface area contributed by atoms with Crippen LogP contribution in [-0.2, 0) is 0 Å². The lowest BCUT2D eigenvalue weighted by Crippen LogP contribution is -1.63. The molecule has 0 spiro atoms. The van der Waals surface area contributed by atoms with Crippen molar-refractivity contribution in [2.24, 2.45) is 0 Å². The number of hydrogen-bond donors (Lipinski definition) is 1. The van der Waals surface area contributed by atoms with Crippen LogP contribution in [0.5, 0.6) is 0 Å². The first-order chi connectivity index (χ1) is 7.72. The molecule has 0 fully saturated rings. The summed E-state index contributed by atoms with van der Waals surface area (Å²) in [4.78, 5) is 0. The second-order valence-electron chi connectivity index (χ2n) is 2.19. The van der Waals surface area contributed by atoms with Gasteiger partial charge in [-0.25, -0.2) is 0 Å². The minimum Gasteiger partial charge on any atom is -0.400 e. The highest BCUT2D eigenvalue weighted by Gasteiger charge is 1.73. The van der Waals surface area contributed by atoms with Crippen LogP contribution in [0.4, 0.5) is 0 Å². The summed E-state index contributed by atoms with van der Waals surface area (Å²) < 4.78 is 0. The van der Waals surface area contributed by atoms with Gasteiger partial charge in [0.1, 0.15) is 0 Å². The average molecular weight is 232 g/mol. The maximum atomic E-state index is 7.00. The van der Waals surface area contributed by atoms with E-state index in [0.717, 1.165) is 13.5 Å². The van der Waals surface area contributed by atoms with Crippen molar-refractivity contribution in [3.63, 3.8) is 0 Å². The van der Waals surface area contributed by atoms with Crippen LogP contribution in [-0.4, -0.2) is 12.2 Å². The lowest BCUT2D eigenvalue weighted by Gasteiger charge is -1.85. The highest BCUT2D eigenvalue weighted by atomic mass is 16.2. The van der Waals surface area contributed by atoms with Crippen molar-refractivity contribution in [2.45, 2.75) is 68.2 Å².